The van der Waals surface area contributed by atoms with Crippen molar-refractivity contribution in [2.24, 2.45) is 5.92 Å². The molecule has 2 nitrogen and oxygen atoms in total. The first-order chi connectivity index (χ1) is 6.74. The molecule has 0 aromatic carbocycles. The van der Waals surface area contributed by atoms with Crippen LogP contribution in [-0.2, 0) is 4.79 Å². The minimum atomic E-state index is 0.161. The van der Waals surface area contributed by atoms with Gasteiger partial charge in [-0.25, -0.2) is 0 Å². The zero-order valence-corrected chi connectivity index (χ0v) is 9.33. The zero-order valence-electron chi connectivity index (χ0n) is 9.33. The quantitative estimate of drug-likeness (QED) is 0.572. The number of hydrogen-bond donors (Lipinski definition) is 0. The van der Waals surface area contributed by atoms with E-state index in [1.807, 2.05) is 0 Å². The van der Waals surface area contributed by atoms with Crippen molar-refractivity contribution in [3.63, 3.8) is 0 Å². The van der Waals surface area contributed by atoms with Gasteiger partial charge in [0.25, 0.3) is 0 Å². The van der Waals surface area contributed by atoms with Crippen LogP contribution in [0.25, 0.3) is 0 Å². The van der Waals surface area contributed by atoms with Crippen molar-refractivity contribution in [1.29, 1.82) is 0 Å². The molecular weight excluding hydrogens is 174 g/mol. The van der Waals surface area contributed by atoms with Crippen molar-refractivity contribution in [1.82, 2.24) is 4.90 Å². The number of rotatable bonds is 7. The maximum absolute atomic E-state index is 11.2. The fraction of sp³-hybridized carbons (Fsp3) is 0.750. The van der Waals surface area contributed by atoms with Gasteiger partial charge in [-0.15, -0.1) is 0 Å². The molecule has 14 heavy (non-hydrogen) atoms. The van der Waals surface area contributed by atoms with E-state index in [-0.39, 0.29) is 11.9 Å². The first-order valence-corrected chi connectivity index (χ1v) is 5.69. The Morgan fingerprint density at radius 3 is 2.71 bits per heavy atom. The average Bonchev–Trinajstić information content (AvgIpc) is 2.82. The average molecular weight is 195 g/mol. The highest BCUT2D eigenvalue weighted by Gasteiger charge is 2.44. The Kier molecular flexibility index (Phi) is 4.18. The minimum Gasteiger partial charge on any atom is -0.305 e. The second-order valence-electron chi connectivity index (χ2n) is 4.10. The third-order valence-electron chi connectivity index (χ3n) is 3.10. The maximum atomic E-state index is 11.2. The van der Waals surface area contributed by atoms with Crippen LogP contribution in [-0.4, -0.2) is 16.8 Å². The molecular formula is C12H21NO. The van der Waals surface area contributed by atoms with Gasteiger partial charge in [0.1, 0.15) is 6.04 Å². The summed E-state index contributed by atoms with van der Waals surface area (Å²) in [6, 6.07) is 0.161. The molecule has 0 N–H and O–H groups in total. The number of carbonyl (C=O) groups is 1. The first-order valence-electron chi connectivity index (χ1n) is 5.69. The van der Waals surface area contributed by atoms with Gasteiger partial charge in [-0.2, -0.15) is 0 Å². The van der Waals surface area contributed by atoms with E-state index in [2.05, 4.69) is 20.4 Å². The molecule has 1 saturated heterocycles. The topological polar surface area (TPSA) is 20.1 Å². The van der Waals surface area contributed by atoms with Gasteiger partial charge >= 0.3 is 0 Å². The third kappa shape index (κ3) is 2.60. The largest absolute Gasteiger partial charge is 0.305 e. The van der Waals surface area contributed by atoms with Crippen molar-refractivity contribution in [3.05, 3.63) is 12.8 Å². The summed E-state index contributed by atoms with van der Waals surface area (Å²) in [4.78, 5) is 13.0. The van der Waals surface area contributed by atoms with Gasteiger partial charge in [-0.05, 0) is 12.3 Å². The summed E-state index contributed by atoms with van der Waals surface area (Å²) in [5.74, 6) is 0.976. The molecule has 0 spiro atoms. The number of nitrogens with zero attached hydrogens (tertiary/aromatic N) is 1. The second kappa shape index (κ2) is 5.18. The monoisotopic (exact) mass is 195 g/mol. The molecule has 2 heteroatoms. The van der Waals surface area contributed by atoms with E-state index in [4.69, 9.17) is 0 Å². The van der Waals surface area contributed by atoms with Crippen LogP contribution in [0.4, 0.5) is 0 Å². The lowest BCUT2D eigenvalue weighted by Crippen LogP contribution is -2.05. The molecule has 0 saturated carbocycles. The third-order valence-corrected chi connectivity index (χ3v) is 3.10. The van der Waals surface area contributed by atoms with Crippen molar-refractivity contribution >= 4 is 5.91 Å². The van der Waals surface area contributed by atoms with E-state index in [0.717, 1.165) is 6.42 Å². The Balaban J connectivity index is 2.27. The van der Waals surface area contributed by atoms with Gasteiger partial charge in [-0.3, -0.25) is 4.79 Å². The molecule has 1 aliphatic heterocycles. The molecule has 80 valence electrons. The van der Waals surface area contributed by atoms with Gasteiger partial charge < -0.3 is 4.90 Å². The summed E-state index contributed by atoms with van der Waals surface area (Å²) in [6.07, 6.45) is 7.67. The molecule has 0 aromatic heterocycles. The maximum Gasteiger partial charge on any atom is 0.250 e. The molecule has 1 fully saturated rings. The molecule has 2 unspecified atom stereocenters. The van der Waals surface area contributed by atoms with E-state index < -0.39 is 0 Å². The first kappa shape index (κ1) is 11.3. The van der Waals surface area contributed by atoms with Crippen LogP contribution < -0.4 is 0 Å². The molecule has 1 rings (SSSR count). The predicted octanol–water partition coefficient (Wildman–Crippen LogP) is 2.95. The predicted molar refractivity (Wildman–Crippen MR) is 58.8 cm³/mol. The van der Waals surface area contributed by atoms with Gasteiger partial charge in [0.15, 0.2) is 0 Å². The second-order valence-corrected chi connectivity index (χ2v) is 4.10. The van der Waals surface area contributed by atoms with E-state index in [0.29, 0.717) is 5.92 Å². The van der Waals surface area contributed by atoms with E-state index >= 15 is 0 Å². The normalized spacial score (nSPS) is 22.3. The Morgan fingerprint density at radius 2 is 2.29 bits per heavy atom. The van der Waals surface area contributed by atoms with E-state index in [9.17, 15) is 4.79 Å². The lowest BCUT2D eigenvalue weighted by molar-refractivity contribution is -0.113. The van der Waals surface area contributed by atoms with Gasteiger partial charge in [0.05, 0.1) is 0 Å². The van der Waals surface area contributed by atoms with Crippen LogP contribution in [0.1, 0.15) is 46.0 Å². The molecule has 1 heterocycles. The Morgan fingerprint density at radius 1 is 1.57 bits per heavy atom. The molecule has 0 aliphatic carbocycles. The highest BCUT2D eigenvalue weighted by Crippen LogP contribution is 2.30. The van der Waals surface area contributed by atoms with Crippen LogP contribution in [0.3, 0.4) is 0 Å². The highest BCUT2D eigenvalue weighted by molar-refractivity contribution is 5.97. The number of amides is 1. The van der Waals surface area contributed by atoms with Crippen LogP contribution >= 0.6 is 0 Å². The summed E-state index contributed by atoms with van der Waals surface area (Å²) in [5.41, 5.74) is 0. The van der Waals surface area contributed by atoms with Crippen molar-refractivity contribution in [2.45, 2.75) is 52.0 Å². The van der Waals surface area contributed by atoms with Crippen molar-refractivity contribution < 1.29 is 4.79 Å². The SMILES string of the molecule is C=CN1C(=O)C1CC(CC)CCCC. The van der Waals surface area contributed by atoms with Crippen LogP contribution in [0.2, 0.25) is 0 Å². The standard InChI is InChI=1S/C12H21NO/c1-4-7-8-10(5-2)9-11-12(14)13(11)6-3/h6,10-11H,3-5,7-9H2,1-2H3. The number of unbranched alkanes of at least 4 members (excludes halogenated alkanes) is 1. The van der Waals surface area contributed by atoms with Crippen molar-refractivity contribution in [3.8, 4) is 0 Å². The summed E-state index contributed by atoms with van der Waals surface area (Å²) in [5, 5.41) is 0. The number of hydrogen-bond acceptors (Lipinski definition) is 1. The fourth-order valence-electron chi connectivity index (χ4n) is 1.96. The number of carbonyl (C=O) groups excluding carboxylic acids is 1. The molecule has 0 bridgehead atoms. The Labute approximate surface area is 87.0 Å². The van der Waals surface area contributed by atoms with E-state index in [1.54, 1.807) is 11.1 Å². The Hall–Kier alpha value is -0.790. The lowest BCUT2D eigenvalue weighted by Gasteiger charge is -2.12. The molecule has 1 amide bonds. The van der Waals surface area contributed by atoms with Crippen molar-refractivity contribution in [2.75, 3.05) is 0 Å². The molecule has 1 aliphatic rings. The van der Waals surface area contributed by atoms with Crippen LogP contribution in [0.15, 0.2) is 12.8 Å². The summed E-state index contributed by atoms with van der Waals surface area (Å²) in [7, 11) is 0. The van der Waals surface area contributed by atoms with E-state index in [1.165, 1.54) is 25.7 Å². The smallest absolute Gasteiger partial charge is 0.250 e. The van der Waals surface area contributed by atoms with Crippen LogP contribution in [0, 0.1) is 5.92 Å². The van der Waals surface area contributed by atoms with Crippen LogP contribution in [0.5, 0.6) is 0 Å². The molecule has 0 aromatic rings. The summed E-state index contributed by atoms with van der Waals surface area (Å²) in [6.45, 7) is 8.05. The van der Waals surface area contributed by atoms with Gasteiger partial charge in [0.2, 0.25) is 5.91 Å². The summed E-state index contributed by atoms with van der Waals surface area (Å²) >= 11 is 0. The molecule has 2 atom stereocenters. The van der Waals surface area contributed by atoms with Gasteiger partial charge in [-0.1, -0.05) is 46.1 Å². The lowest BCUT2D eigenvalue weighted by atomic mass is 9.94. The highest BCUT2D eigenvalue weighted by atomic mass is 16.2. The molecule has 0 radical (unpaired) electrons. The minimum absolute atomic E-state index is 0.161. The zero-order chi connectivity index (χ0) is 10.6. The fourth-order valence-corrected chi connectivity index (χ4v) is 1.96. The Bertz CT molecular complexity index is 212. The van der Waals surface area contributed by atoms with Gasteiger partial charge in [0, 0.05) is 6.20 Å². The summed E-state index contributed by atoms with van der Waals surface area (Å²) < 4.78 is 0.